The molecule has 1 aliphatic carbocycles. The third kappa shape index (κ3) is 6.96. The van der Waals surface area contributed by atoms with Gasteiger partial charge in [0.1, 0.15) is 0 Å². The standard InChI is InChI=1S/C5H6.C5H8/c1-2-4-5-3-1;1-3-5-4-2/h1-4H,5H2;3-5H,1H2,2H3. The second kappa shape index (κ2) is 7.96. The van der Waals surface area contributed by atoms with Crippen LogP contribution in [0.2, 0.25) is 0 Å². The first-order valence-corrected chi connectivity index (χ1v) is 3.47. The lowest BCUT2D eigenvalue weighted by Crippen LogP contribution is -1.37. The molecule has 0 spiro atoms. The Labute approximate surface area is 63.3 Å². The van der Waals surface area contributed by atoms with Crippen LogP contribution in [0, 0.1) is 0 Å². The van der Waals surface area contributed by atoms with Gasteiger partial charge in [0.05, 0.1) is 0 Å². The van der Waals surface area contributed by atoms with E-state index in [0.717, 1.165) is 6.42 Å². The van der Waals surface area contributed by atoms with Crippen molar-refractivity contribution >= 4 is 0 Å². The van der Waals surface area contributed by atoms with Crippen LogP contribution in [0.3, 0.4) is 0 Å². The Hall–Kier alpha value is -1.04. The van der Waals surface area contributed by atoms with Crippen molar-refractivity contribution in [3.05, 3.63) is 49.1 Å². The van der Waals surface area contributed by atoms with Gasteiger partial charge in [-0.3, -0.25) is 0 Å². The van der Waals surface area contributed by atoms with Crippen molar-refractivity contribution in [2.24, 2.45) is 0 Å². The van der Waals surface area contributed by atoms with Crippen molar-refractivity contribution in [1.29, 1.82) is 0 Å². The van der Waals surface area contributed by atoms with Gasteiger partial charge >= 0.3 is 0 Å². The molecule has 0 N–H and O–H groups in total. The lowest BCUT2D eigenvalue weighted by molar-refractivity contribution is 1.45. The zero-order valence-electron chi connectivity index (χ0n) is 6.46. The molecule has 0 aromatic carbocycles. The highest BCUT2D eigenvalue weighted by Crippen LogP contribution is 1.93. The summed E-state index contributed by atoms with van der Waals surface area (Å²) < 4.78 is 0. The van der Waals surface area contributed by atoms with E-state index in [2.05, 4.69) is 30.9 Å². The molecule has 0 radical (unpaired) electrons. The van der Waals surface area contributed by atoms with Gasteiger partial charge in [0.15, 0.2) is 0 Å². The molecule has 0 aromatic rings. The molecule has 54 valence electrons. The van der Waals surface area contributed by atoms with Crippen LogP contribution in [-0.4, -0.2) is 0 Å². The SMILES string of the molecule is C1=CCC=C1.C=CC=CC. The number of allylic oxidation sites excluding steroid dienone is 7. The smallest absolute Gasteiger partial charge is 0.0163 e. The second-order valence-electron chi connectivity index (χ2n) is 1.85. The van der Waals surface area contributed by atoms with Gasteiger partial charge in [0.2, 0.25) is 0 Å². The number of hydrogen-bond donors (Lipinski definition) is 0. The summed E-state index contributed by atoms with van der Waals surface area (Å²) in [7, 11) is 0. The van der Waals surface area contributed by atoms with E-state index >= 15 is 0 Å². The van der Waals surface area contributed by atoms with Crippen molar-refractivity contribution < 1.29 is 0 Å². The Morgan fingerprint density at radius 3 is 2.00 bits per heavy atom. The molecule has 0 heterocycles. The minimum absolute atomic E-state index is 1.14. The second-order valence-corrected chi connectivity index (χ2v) is 1.85. The summed E-state index contributed by atoms with van der Waals surface area (Å²) in [5, 5.41) is 0. The molecule has 0 nitrogen and oxygen atoms in total. The van der Waals surface area contributed by atoms with Crippen LogP contribution >= 0.6 is 0 Å². The van der Waals surface area contributed by atoms with Gasteiger partial charge in [-0.15, -0.1) is 0 Å². The molecular formula is C10H14. The maximum absolute atomic E-state index is 3.46. The van der Waals surface area contributed by atoms with E-state index in [1.165, 1.54) is 0 Å². The third-order valence-electron chi connectivity index (χ3n) is 0.984. The van der Waals surface area contributed by atoms with Crippen molar-refractivity contribution in [2.75, 3.05) is 0 Å². The average Bonchev–Trinajstić information content (AvgIpc) is 2.44. The van der Waals surface area contributed by atoms with E-state index in [0.29, 0.717) is 0 Å². The monoisotopic (exact) mass is 134 g/mol. The van der Waals surface area contributed by atoms with E-state index in [1.807, 2.05) is 19.1 Å². The van der Waals surface area contributed by atoms with Crippen molar-refractivity contribution in [3.8, 4) is 0 Å². The molecule has 0 atom stereocenters. The Balaban J connectivity index is 0.000000162. The summed E-state index contributed by atoms with van der Waals surface area (Å²) in [6, 6.07) is 0. The van der Waals surface area contributed by atoms with Crippen molar-refractivity contribution in [2.45, 2.75) is 13.3 Å². The van der Waals surface area contributed by atoms with Crippen LogP contribution in [-0.2, 0) is 0 Å². The molecule has 0 amide bonds. The van der Waals surface area contributed by atoms with E-state index in [-0.39, 0.29) is 0 Å². The minimum atomic E-state index is 1.14. The van der Waals surface area contributed by atoms with E-state index in [9.17, 15) is 0 Å². The highest BCUT2D eigenvalue weighted by Gasteiger charge is 1.72. The fourth-order valence-corrected chi connectivity index (χ4v) is 0.529. The molecule has 1 aliphatic rings. The topological polar surface area (TPSA) is 0 Å². The molecule has 0 unspecified atom stereocenters. The molecule has 0 bridgehead atoms. The number of rotatable bonds is 1. The zero-order valence-corrected chi connectivity index (χ0v) is 6.46. The molecule has 0 saturated carbocycles. The molecular weight excluding hydrogens is 120 g/mol. The Morgan fingerprint density at radius 1 is 1.30 bits per heavy atom. The predicted molar refractivity (Wildman–Crippen MR) is 47.9 cm³/mol. The lowest BCUT2D eigenvalue weighted by Gasteiger charge is -1.57. The fraction of sp³-hybridized carbons (Fsp3) is 0.200. The van der Waals surface area contributed by atoms with Gasteiger partial charge in [0, 0.05) is 0 Å². The van der Waals surface area contributed by atoms with Gasteiger partial charge < -0.3 is 0 Å². The first kappa shape index (κ1) is 8.96. The first-order valence-electron chi connectivity index (χ1n) is 3.47. The molecule has 0 heteroatoms. The van der Waals surface area contributed by atoms with Crippen LogP contribution in [0.5, 0.6) is 0 Å². The fourth-order valence-electron chi connectivity index (χ4n) is 0.529. The first-order chi connectivity index (χ1) is 4.91. The van der Waals surface area contributed by atoms with Gasteiger partial charge in [-0.05, 0) is 13.3 Å². The highest BCUT2D eigenvalue weighted by molar-refractivity contribution is 5.11. The largest absolute Gasteiger partial charge is 0.0991 e. The Bertz CT molecular complexity index is 135. The Kier molecular flexibility index (Phi) is 7.13. The molecule has 0 aliphatic heterocycles. The normalized spacial score (nSPS) is 13.3. The molecule has 10 heavy (non-hydrogen) atoms. The van der Waals surface area contributed by atoms with E-state index < -0.39 is 0 Å². The molecule has 1 rings (SSSR count). The quantitative estimate of drug-likeness (QED) is 0.483. The van der Waals surface area contributed by atoms with Gasteiger partial charge in [0.25, 0.3) is 0 Å². The third-order valence-corrected chi connectivity index (χ3v) is 0.984. The number of hydrogen-bond acceptors (Lipinski definition) is 0. The summed E-state index contributed by atoms with van der Waals surface area (Å²) in [5.41, 5.74) is 0. The summed E-state index contributed by atoms with van der Waals surface area (Å²) in [4.78, 5) is 0. The maximum atomic E-state index is 3.46. The maximum Gasteiger partial charge on any atom is -0.0163 e. The van der Waals surface area contributed by atoms with E-state index in [1.54, 1.807) is 6.08 Å². The summed E-state index contributed by atoms with van der Waals surface area (Å²) >= 11 is 0. The van der Waals surface area contributed by atoms with Gasteiger partial charge in [-0.25, -0.2) is 0 Å². The average molecular weight is 134 g/mol. The minimum Gasteiger partial charge on any atom is -0.0991 e. The van der Waals surface area contributed by atoms with Gasteiger partial charge in [-0.2, -0.15) is 0 Å². The van der Waals surface area contributed by atoms with Crippen LogP contribution in [0.1, 0.15) is 13.3 Å². The molecule has 0 aromatic heterocycles. The van der Waals surface area contributed by atoms with Crippen molar-refractivity contribution in [3.63, 3.8) is 0 Å². The van der Waals surface area contributed by atoms with Crippen LogP contribution in [0.4, 0.5) is 0 Å². The van der Waals surface area contributed by atoms with Crippen molar-refractivity contribution in [1.82, 2.24) is 0 Å². The van der Waals surface area contributed by atoms with E-state index in [4.69, 9.17) is 0 Å². The lowest BCUT2D eigenvalue weighted by atomic mass is 10.5. The Morgan fingerprint density at radius 2 is 1.90 bits per heavy atom. The van der Waals surface area contributed by atoms with Crippen LogP contribution < -0.4 is 0 Å². The zero-order chi connectivity index (χ0) is 7.66. The summed E-state index contributed by atoms with van der Waals surface area (Å²) in [5.74, 6) is 0. The van der Waals surface area contributed by atoms with Crippen LogP contribution in [0.25, 0.3) is 0 Å². The summed E-state index contributed by atoms with van der Waals surface area (Å²) in [6.07, 6.45) is 15.1. The predicted octanol–water partition coefficient (Wildman–Crippen LogP) is 3.25. The molecule has 0 fully saturated rings. The van der Waals surface area contributed by atoms with Crippen LogP contribution in [0.15, 0.2) is 49.1 Å². The summed E-state index contributed by atoms with van der Waals surface area (Å²) in [6.45, 7) is 5.42. The molecule has 0 saturated heterocycles. The van der Waals surface area contributed by atoms with Gasteiger partial charge in [-0.1, -0.05) is 49.1 Å². The highest BCUT2D eigenvalue weighted by atomic mass is 13.8.